The summed E-state index contributed by atoms with van der Waals surface area (Å²) in [6, 6.07) is 13.1. The Kier molecular flexibility index (Phi) is 6.79. The minimum atomic E-state index is -3.73. The first-order valence-corrected chi connectivity index (χ1v) is 11.2. The molecular formula is C24H19Cl2F2N3O4. The van der Waals surface area contributed by atoms with Gasteiger partial charge in [-0.15, -0.1) is 0 Å². The maximum Gasteiger partial charge on any atom is 0.284 e. The number of amides is 2. The van der Waals surface area contributed by atoms with Gasteiger partial charge in [0.1, 0.15) is 5.82 Å². The molecule has 1 atom stereocenters. The number of aliphatic hydroxyl groups is 2. The maximum absolute atomic E-state index is 14.9. The van der Waals surface area contributed by atoms with Gasteiger partial charge in [-0.25, -0.2) is 13.8 Å². The highest BCUT2D eigenvalue weighted by Gasteiger charge is 2.56. The molecule has 0 spiro atoms. The quantitative estimate of drug-likeness (QED) is 0.468. The normalized spacial score (nSPS) is 19.0. The topological polar surface area (TPSA) is 103 Å². The number of aliphatic hydroxyl groups excluding tert-OH is 1. The van der Waals surface area contributed by atoms with Crippen LogP contribution in [0.15, 0.2) is 60.8 Å². The van der Waals surface area contributed by atoms with Crippen LogP contribution in [0.1, 0.15) is 32.7 Å². The van der Waals surface area contributed by atoms with Gasteiger partial charge in [-0.1, -0.05) is 35.3 Å². The van der Waals surface area contributed by atoms with Crippen molar-refractivity contribution in [2.45, 2.75) is 17.9 Å². The number of pyridine rings is 1. The fourth-order valence-corrected chi connectivity index (χ4v) is 4.24. The molecule has 11 heteroatoms. The van der Waals surface area contributed by atoms with Crippen molar-refractivity contribution in [3.05, 3.63) is 87.5 Å². The molecule has 35 heavy (non-hydrogen) atoms. The molecule has 0 saturated heterocycles. The minimum Gasteiger partial charge on any atom is -0.393 e. The summed E-state index contributed by atoms with van der Waals surface area (Å²) in [5.41, 5.74) is -3.00. The van der Waals surface area contributed by atoms with E-state index in [0.29, 0.717) is 0 Å². The molecule has 3 N–H and O–H groups in total. The van der Waals surface area contributed by atoms with E-state index in [1.807, 2.05) is 0 Å². The molecule has 0 unspecified atom stereocenters. The number of hydrogen-bond acceptors (Lipinski definition) is 5. The number of rotatable bonds is 4. The number of fused-ring (bicyclic) bond motifs is 1. The lowest BCUT2D eigenvalue weighted by Crippen LogP contribution is -2.48. The molecule has 0 radical (unpaired) electrons. The molecular weight excluding hydrogens is 503 g/mol. The lowest BCUT2D eigenvalue weighted by molar-refractivity contribution is -0.205. The van der Waals surface area contributed by atoms with Crippen LogP contribution in [0, 0.1) is 0 Å². The van der Waals surface area contributed by atoms with Crippen molar-refractivity contribution in [1.82, 2.24) is 4.98 Å². The zero-order valence-electron chi connectivity index (χ0n) is 18.0. The number of carbonyl (C=O) groups is 2. The summed E-state index contributed by atoms with van der Waals surface area (Å²) < 4.78 is 29.7. The summed E-state index contributed by atoms with van der Waals surface area (Å²) in [5.74, 6) is -4.74. The number of anilines is 2. The summed E-state index contributed by atoms with van der Waals surface area (Å²) in [7, 11) is 0. The molecule has 0 saturated carbocycles. The third-order valence-corrected chi connectivity index (χ3v) is 6.36. The maximum atomic E-state index is 14.9. The Balaban J connectivity index is 1.62. The Morgan fingerprint density at radius 3 is 2.51 bits per heavy atom. The van der Waals surface area contributed by atoms with Gasteiger partial charge in [-0.3, -0.25) is 9.59 Å². The molecule has 1 aliphatic rings. The summed E-state index contributed by atoms with van der Waals surface area (Å²) in [4.78, 5) is 30.8. The molecule has 4 rings (SSSR count). The first kappa shape index (κ1) is 25.0. The molecule has 3 aromatic rings. The van der Waals surface area contributed by atoms with Crippen molar-refractivity contribution in [2.75, 3.05) is 23.4 Å². The van der Waals surface area contributed by atoms with E-state index in [-0.39, 0.29) is 38.2 Å². The van der Waals surface area contributed by atoms with E-state index in [9.17, 15) is 28.6 Å². The summed E-state index contributed by atoms with van der Waals surface area (Å²) in [5, 5.41) is 23.3. The molecule has 0 bridgehead atoms. The predicted molar refractivity (Wildman–Crippen MR) is 127 cm³/mol. The SMILES string of the molecule is O=C(Nc1ccc(C(=O)N2CCC(F)(F)[C@](O)(CO)c3cc(Cl)ccc32)cn1)c1ccccc1Cl. The Morgan fingerprint density at radius 2 is 1.86 bits per heavy atom. The van der Waals surface area contributed by atoms with Crippen LogP contribution < -0.4 is 10.2 Å². The highest BCUT2D eigenvalue weighted by molar-refractivity contribution is 6.34. The van der Waals surface area contributed by atoms with Gasteiger partial charge in [0, 0.05) is 29.7 Å². The number of benzene rings is 2. The monoisotopic (exact) mass is 521 g/mol. The zero-order chi connectivity index (χ0) is 25.4. The Labute approximate surface area is 208 Å². The smallest absolute Gasteiger partial charge is 0.284 e. The van der Waals surface area contributed by atoms with Crippen molar-refractivity contribution < 1.29 is 28.6 Å². The lowest BCUT2D eigenvalue weighted by Gasteiger charge is -2.33. The number of aromatic nitrogens is 1. The van der Waals surface area contributed by atoms with E-state index in [1.54, 1.807) is 24.3 Å². The van der Waals surface area contributed by atoms with Crippen LogP contribution in [0.2, 0.25) is 10.0 Å². The van der Waals surface area contributed by atoms with Crippen LogP contribution in [0.4, 0.5) is 20.3 Å². The third kappa shape index (κ3) is 4.60. The minimum absolute atomic E-state index is 0.00998. The Bertz CT molecular complexity index is 1290. The van der Waals surface area contributed by atoms with Gasteiger partial charge in [0.25, 0.3) is 17.7 Å². The number of nitrogens with one attached hydrogen (secondary N) is 1. The highest BCUT2D eigenvalue weighted by Crippen LogP contribution is 2.47. The number of carbonyl (C=O) groups excluding carboxylic acids is 2. The van der Waals surface area contributed by atoms with Gasteiger partial charge < -0.3 is 20.4 Å². The van der Waals surface area contributed by atoms with Crippen LogP contribution in [0.5, 0.6) is 0 Å². The molecule has 1 aliphatic heterocycles. The van der Waals surface area contributed by atoms with E-state index in [4.69, 9.17) is 23.2 Å². The fraction of sp³-hybridized carbons (Fsp3) is 0.208. The molecule has 2 aromatic carbocycles. The number of halogens is 4. The van der Waals surface area contributed by atoms with Crippen molar-refractivity contribution in [3.8, 4) is 0 Å². The van der Waals surface area contributed by atoms with Crippen molar-refractivity contribution in [1.29, 1.82) is 0 Å². The Morgan fingerprint density at radius 1 is 1.11 bits per heavy atom. The van der Waals surface area contributed by atoms with Crippen LogP contribution in [-0.4, -0.2) is 46.1 Å². The first-order chi connectivity index (χ1) is 16.6. The van der Waals surface area contributed by atoms with Crippen LogP contribution in [-0.2, 0) is 5.60 Å². The summed E-state index contributed by atoms with van der Waals surface area (Å²) in [6.07, 6.45) is 0.295. The number of nitrogens with zero attached hydrogens (tertiary/aromatic N) is 2. The van der Waals surface area contributed by atoms with Gasteiger partial charge in [0.2, 0.25) is 0 Å². The number of alkyl halides is 2. The molecule has 0 aliphatic carbocycles. The molecule has 2 amide bonds. The highest BCUT2D eigenvalue weighted by atomic mass is 35.5. The summed E-state index contributed by atoms with van der Waals surface area (Å²) >= 11 is 12.0. The van der Waals surface area contributed by atoms with Gasteiger partial charge in [-0.05, 0) is 42.5 Å². The summed E-state index contributed by atoms with van der Waals surface area (Å²) in [6.45, 7) is -1.70. The number of hydrogen-bond donors (Lipinski definition) is 3. The lowest BCUT2D eigenvalue weighted by atomic mass is 9.86. The van der Waals surface area contributed by atoms with Gasteiger partial charge >= 0.3 is 0 Å². The van der Waals surface area contributed by atoms with Crippen LogP contribution in [0.25, 0.3) is 0 Å². The van der Waals surface area contributed by atoms with Crippen LogP contribution in [0.3, 0.4) is 0 Å². The predicted octanol–water partition coefficient (Wildman–Crippen LogP) is 4.51. The molecule has 2 heterocycles. The first-order valence-electron chi connectivity index (χ1n) is 10.4. The van der Waals surface area contributed by atoms with E-state index in [2.05, 4.69) is 10.3 Å². The standard InChI is InChI=1S/C24H19Cl2F2N3O4/c25-15-6-7-19-17(11-15)23(35,13-32)24(27,28)9-10-31(19)22(34)14-5-8-20(29-12-14)30-21(33)16-3-1-2-4-18(16)26/h1-8,11-12,32,35H,9-10,13H2,(H,29,30,33)/t23-/m0/s1. The van der Waals surface area contributed by atoms with Crippen molar-refractivity contribution >= 4 is 46.5 Å². The van der Waals surface area contributed by atoms with Gasteiger partial charge in [-0.2, -0.15) is 0 Å². The van der Waals surface area contributed by atoms with Crippen molar-refractivity contribution in [3.63, 3.8) is 0 Å². The van der Waals surface area contributed by atoms with E-state index in [1.165, 1.54) is 30.5 Å². The second-order valence-electron chi connectivity index (χ2n) is 7.96. The van der Waals surface area contributed by atoms with Crippen LogP contribution >= 0.6 is 23.2 Å². The van der Waals surface area contributed by atoms with E-state index in [0.717, 1.165) is 11.0 Å². The molecule has 7 nitrogen and oxygen atoms in total. The van der Waals surface area contributed by atoms with E-state index >= 15 is 0 Å². The third-order valence-electron chi connectivity index (χ3n) is 5.79. The Hall–Kier alpha value is -3.11. The average Bonchev–Trinajstić information content (AvgIpc) is 2.92. The average molecular weight is 522 g/mol. The zero-order valence-corrected chi connectivity index (χ0v) is 19.5. The van der Waals surface area contributed by atoms with Gasteiger partial charge in [0.15, 0.2) is 5.60 Å². The van der Waals surface area contributed by atoms with Crippen molar-refractivity contribution in [2.24, 2.45) is 0 Å². The fourth-order valence-electron chi connectivity index (χ4n) is 3.84. The molecule has 1 aromatic heterocycles. The second-order valence-corrected chi connectivity index (χ2v) is 8.80. The van der Waals surface area contributed by atoms with E-state index < -0.39 is 42.9 Å². The molecule has 0 fully saturated rings. The molecule has 182 valence electrons. The largest absolute Gasteiger partial charge is 0.393 e. The van der Waals surface area contributed by atoms with Gasteiger partial charge in [0.05, 0.1) is 28.4 Å². The second kappa shape index (κ2) is 9.50.